The van der Waals surface area contributed by atoms with Crippen molar-refractivity contribution in [1.29, 1.82) is 0 Å². The Balaban J connectivity index is 0.00000264. The minimum Gasteiger partial charge on any atom is -0.336 e. The van der Waals surface area contributed by atoms with Crippen LogP contribution in [0.15, 0.2) is 28.7 Å². The van der Waals surface area contributed by atoms with Gasteiger partial charge in [0.1, 0.15) is 0 Å². The maximum Gasteiger partial charge on any atom is 0.244 e. The van der Waals surface area contributed by atoms with Crippen molar-refractivity contribution >= 4 is 45.8 Å². The Morgan fingerprint density at radius 3 is 2.70 bits per heavy atom. The second kappa shape index (κ2) is 9.25. The number of para-hydroxylation sites is 1. The fourth-order valence-corrected chi connectivity index (χ4v) is 3.36. The molecule has 0 unspecified atom stereocenters. The van der Waals surface area contributed by atoms with Crippen molar-refractivity contribution in [2.75, 3.05) is 25.5 Å². The van der Waals surface area contributed by atoms with Crippen LogP contribution in [0.3, 0.4) is 0 Å². The molecule has 2 atom stereocenters. The molecule has 7 heteroatoms. The van der Waals surface area contributed by atoms with Gasteiger partial charge in [0, 0.05) is 17.4 Å². The summed E-state index contributed by atoms with van der Waals surface area (Å²) in [4.78, 5) is 26.1. The smallest absolute Gasteiger partial charge is 0.244 e. The van der Waals surface area contributed by atoms with Crippen molar-refractivity contribution in [3.8, 4) is 0 Å². The Morgan fingerprint density at radius 1 is 1.35 bits per heavy atom. The van der Waals surface area contributed by atoms with E-state index in [9.17, 15) is 9.59 Å². The summed E-state index contributed by atoms with van der Waals surface area (Å²) in [6.07, 6.45) is 2.91. The molecular weight excluding hydrogens is 382 g/mol. The Labute approximate surface area is 151 Å². The number of nitrogens with one attached hydrogen (secondary N) is 1. The number of halogens is 2. The van der Waals surface area contributed by atoms with Gasteiger partial charge in [-0.15, -0.1) is 12.4 Å². The number of likely N-dealkylation sites (N-methyl/N-ethyl adjacent to an activating group) is 1. The van der Waals surface area contributed by atoms with Crippen LogP contribution in [0.1, 0.15) is 19.3 Å². The van der Waals surface area contributed by atoms with Gasteiger partial charge in [0.05, 0.1) is 12.2 Å². The summed E-state index contributed by atoms with van der Waals surface area (Å²) in [5.74, 6) is 0.0350. The van der Waals surface area contributed by atoms with Gasteiger partial charge in [0.15, 0.2) is 0 Å². The zero-order valence-electron chi connectivity index (χ0n) is 13.1. The number of nitrogens with zero attached hydrogens (tertiary/aromatic N) is 1. The number of hydrogen-bond donors (Lipinski definition) is 2. The van der Waals surface area contributed by atoms with Gasteiger partial charge in [-0.25, -0.2) is 0 Å². The summed E-state index contributed by atoms with van der Waals surface area (Å²) in [6.45, 7) is 0.585. The van der Waals surface area contributed by atoms with Crippen molar-refractivity contribution in [3.63, 3.8) is 0 Å². The molecule has 1 saturated carbocycles. The number of benzene rings is 1. The molecule has 0 bridgehead atoms. The summed E-state index contributed by atoms with van der Waals surface area (Å²) in [5.41, 5.74) is 6.43. The van der Waals surface area contributed by atoms with E-state index in [0.717, 1.165) is 23.7 Å². The summed E-state index contributed by atoms with van der Waals surface area (Å²) >= 11 is 3.38. The van der Waals surface area contributed by atoms with Crippen molar-refractivity contribution in [2.24, 2.45) is 17.6 Å². The minimum atomic E-state index is -0.204. The molecule has 0 aliphatic heterocycles. The van der Waals surface area contributed by atoms with E-state index in [1.807, 2.05) is 24.3 Å². The molecule has 0 radical (unpaired) electrons. The van der Waals surface area contributed by atoms with Gasteiger partial charge in [-0.05, 0) is 53.4 Å². The molecule has 2 rings (SSSR count). The van der Waals surface area contributed by atoms with E-state index in [2.05, 4.69) is 21.2 Å². The third-order valence-electron chi connectivity index (χ3n) is 4.18. The van der Waals surface area contributed by atoms with Crippen LogP contribution in [0.4, 0.5) is 5.69 Å². The van der Waals surface area contributed by atoms with Crippen molar-refractivity contribution in [3.05, 3.63) is 28.7 Å². The zero-order valence-corrected chi connectivity index (χ0v) is 15.5. The molecule has 0 aromatic heterocycles. The molecule has 0 spiro atoms. The van der Waals surface area contributed by atoms with Crippen LogP contribution in [-0.2, 0) is 9.59 Å². The van der Waals surface area contributed by atoms with Gasteiger partial charge >= 0.3 is 0 Å². The van der Waals surface area contributed by atoms with E-state index in [0.29, 0.717) is 12.2 Å². The number of hydrogen-bond acceptors (Lipinski definition) is 3. The lowest BCUT2D eigenvalue weighted by atomic mass is 9.95. The fourth-order valence-electron chi connectivity index (χ4n) is 2.97. The number of amides is 2. The van der Waals surface area contributed by atoms with E-state index >= 15 is 0 Å². The number of nitrogens with two attached hydrogens (primary N) is 1. The molecule has 1 fully saturated rings. The maximum atomic E-state index is 12.5. The molecule has 2 amide bonds. The summed E-state index contributed by atoms with van der Waals surface area (Å²) in [7, 11) is 1.67. The highest BCUT2D eigenvalue weighted by atomic mass is 79.9. The first kappa shape index (κ1) is 19.9. The SMILES string of the molecule is CN(CC(=O)Nc1ccccc1Br)C(=O)[C@@H]1CCC[C@@H]1CN.Cl. The van der Waals surface area contributed by atoms with E-state index in [-0.39, 0.29) is 42.6 Å². The summed E-state index contributed by atoms with van der Waals surface area (Å²) < 4.78 is 0.816. The second-order valence-corrected chi connectivity index (χ2v) is 6.61. The minimum absolute atomic E-state index is 0. The lowest BCUT2D eigenvalue weighted by molar-refractivity contribution is -0.137. The Kier molecular flexibility index (Phi) is 8.02. The van der Waals surface area contributed by atoms with Crippen LogP contribution in [-0.4, -0.2) is 36.9 Å². The molecule has 5 nitrogen and oxygen atoms in total. The molecule has 1 aromatic rings. The molecule has 23 heavy (non-hydrogen) atoms. The predicted molar refractivity (Wildman–Crippen MR) is 97.5 cm³/mol. The number of carbonyl (C=O) groups is 2. The molecule has 0 saturated heterocycles. The molecule has 0 heterocycles. The van der Waals surface area contributed by atoms with Gasteiger partial charge < -0.3 is 16.0 Å². The quantitative estimate of drug-likeness (QED) is 0.792. The van der Waals surface area contributed by atoms with Crippen molar-refractivity contribution in [1.82, 2.24) is 4.90 Å². The van der Waals surface area contributed by atoms with Crippen LogP contribution in [0.2, 0.25) is 0 Å². The van der Waals surface area contributed by atoms with E-state index in [1.165, 1.54) is 4.90 Å². The van der Waals surface area contributed by atoms with Gasteiger partial charge in [0.2, 0.25) is 11.8 Å². The summed E-state index contributed by atoms with van der Waals surface area (Å²) in [6, 6.07) is 7.39. The number of rotatable bonds is 5. The van der Waals surface area contributed by atoms with Gasteiger partial charge in [-0.1, -0.05) is 18.6 Å². The van der Waals surface area contributed by atoms with E-state index in [1.54, 1.807) is 7.05 Å². The van der Waals surface area contributed by atoms with Crippen LogP contribution in [0.5, 0.6) is 0 Å². The summed E-state index contributed by atoms with van der Waals surface area (Å²) in [5, 5.41) is 2.81. The maximum absolute atomic E-state index is 12.5. The average molecular weight is 405 g/mol. The highest BCUT2D eigenvalue weighted by Gasteiger charge is 2.34. The van der Waals surface area contributed by atoms with Gasteiger partial charge in [-0.3, -0.25) is 9.59 Å². The molecule has 1 aliphatic rings. The van der Waals surface area contributed by atoms with E-state index in [4.69, 9.17) is 5.73 Å². The fraction of sp³-hybridized carbons (Fsp3) is 0.500. The molecule has 1 aromatic carbocycles. The molecular formula is C16H23BrClN3O2. The van der Waals surface area contributed by atoms with Crippen LogP contribution >= 0.6 is 28.3 Å². The Hall–Kier alpha value is -1.11. The highest BCUT2D eigenvalue weighted by molar-refractivity contribution is 9.10. The third kappa shape index (κ3) is 5.19. The Morgan fingerprint density at radius 2 is 2.04 bits per heavy atom. The van der Waals surface area contributed by atoms with Crippen LogP contribution in [0, 0.1) is 11.8 Å². The second-order valence-electron chi connectivity index (χ2n) is 5.76. The largest absolute Gasteiger partial charge is 0.336 e. The normalized spacial score (nSPS) is 19.8. The first-order chi connectivity index (χ1) is 10.5. The van der Waals surface area contributed by atoms with Crippen molar-refractivity contribution in [2.45, 2.75) is 19.3 Å². The highest BCUT2D eigenvalue weighted by Crippen LogP contribution is 2.32. The average Bonchev–Trinajstić information content (AvgIpc) is 2.97. The third-order valence-corrected chi connectivity index (χ3v) is 4.88. The topological polar surface area (TPSA) is 75.4 Å². The standard InChI is InChI=1S/C16H22BrN3O2.ClH/c1-20(16(22)12-6-4-5-11(12)9-18)10-15(21)19-14-8-3-2-7-13(14)17;/h2-3,7-8,11-12H,4-6,9-10,18H2,1H3,(H,19,21);1H/t11-,12-;/m1./s1. The molecule has 3 N–H and O–H groups in total. The van der Waals surface area contributed by atoms with E-state index < -0.39 is 0 Å². The lowest BCUT2D eigenvalue weighted by Gasteiger charge is -2.24. The van der Waals surface area contributed by atoms with Crippen LogP contribution in [0.25, 0.3) is 0 Å². The monoisotopic (exact) mass is 403 g/mol. The van der Waals surface area contributed by atoms with Crippen molar-refractivity contribution < 1.29 is 9.59 Å². The first-order valence-electron chi connectivity index (χ1n) is 7.52. The lowest BCUT2D eigenvalue weighted by Crippen LogP contribution is -2.40. The molecule has 128 valence electrons. The zero-order chi connectivity index (χ0) is 16.1. The predicted octanol–water partition coefficient (Wildman–Crippen LogP) is 2.64. The number of anilines is 1. The number of carbonyl (C=O) groups excluding carboxylic acids is 2. The van der Waals surface area contributed by atoms with Crippen LogP contribution < -0.4 is 11.1 Å². The van der Waals surface area contributed by atoms with Gasteiger partial charge in [0.25, 0.3) is 0 Å². The Bertz CT molecular complexity index is 556. The first-order valence-corrected chi connectivity index (χ1v) is 8.31. The van der Waals surface area contributed by atoms with Gasteiger partial charge in [-0.2, -0.15) is 0 Å². The molecule has 1 aliphatic carbocycles.